The van der Waals surface area contributed by atoms with E-state index in [0.717, 1.165) is 43.4 Å². The van der Waals surface area contributed by atoms with Gasteiger partial charge < -0.3 is 15.6 Å². The van der Waals surface area contributed by atoms with Gasteiger partial charge in [0.2, 0.25) is 0 Å². The van der Waals surface area contributed by atoms with Gasteiger partial charge in [0, 0.05) is 31.1 Å². The maximum atomic E-state index is 11.8. The third-order valence-electron chi connectivity index (χ3n) is 4.68. The number of rotatable bonds is 4. The zero-order valence-electron chi connectivity index (χ0n) is 12.1. The van der Waals surface area contributed by atoms with Crippen LogP contribution >= 0.6 is 0 Å². The van der Waals surface area contributed by atoms with Crippen molar-refractivity contribution in [1.82, 2.24) is 9.97 Å². The first kappa shape index (κ1) is 13.6. The molecule has 1 aliphatic heterocycles. The summed E-state index contributed by atoms with van der Waals surface area (Å²) in [6, 6.07) is 1.94. The normalized spacial score (nSPS) is 26.8. The Kier molecular flexibility index (Phi) is 3.78. The molecule has 1 aliphatic carbocycles. The molecule has 5 heteroatoms. The Morgan fingerprint density at radius 3 is 2.90 bits per heavy atom. The summed E-state index contributed by atoms with van der Waals surface area (Å²) in [7, 11) is 0. The first-order valence-electron chi connectivity index (χ1n) is 7.79. The van der Waals surface area contributed by atoms with E-state index in [1.807, 2.05) is 0 Å². The molecule has 2 fully saturated rings. The fourth-order valence-corrected chi connectivity index (χ4v) is 3.19. The zero-order chi connectivity index (χ0) is 14.1. The highest BCUT2D eigenvalue weighted by molar-refractivity contribution is 5.40. The highest BCUT2D eigenvalue weighted by Crippen LogP contribution is 2.38. The summed E-state index contributed by atoms with van der Waals surface area (Å²) >= 11 is 0. The smallest absolute Gasteiger partial charge is 0.252 e. The lowest BCUT2D eigenvalue weighted by molar-refractivity contribution is 0.334. The number of nitrogens with zero attached hydrogens (tertiary/aromatic N) is 2. The number of aromatic amines is 1. The molecule has 2 heterocycles. The molecular formula is C15H24N4O. The van der Waals surface area contributed by atoms with Crippen LogP contribution in [-0.2, 0) is 0 Å². The second-order valence-corrected chi connectivity index (χ2v) is 6.14. The summed E-state index contributed by atoms with van der Waals surface area (Å²) in [6.45, 7) is 3.83. The lowest BCUT2D eigenvalue weighted by atomic mass is 9.89. The average molecular weight is 276 g/mol. The number of nitrogens with one attached hydrogen (secondary N) is 1. The predicted octanol–water partition coefficient (Wildman–Crippen LogP) is 1.60. The van der Waals surface area contributed by atoms with Gasteiger partial charge in [-0.1, -0.05) is 13.3 Å². The van der Waals surface area contributed by atoms with E-state index in [-0.39, 0.29) is 5.56 Å². The van der Waals surface area contributed by atoms with Gasteiger partial charge in [0.05, 0.1) is 0 Å². The molecule has 1 aromatic rings. The molecule has 1 saturated carbocycles. The minimum atomic E-state index is -0.0368. The number of aromatic nitrogens is 2. The molecule has 1 aromatic heterocycles. The van der Waals surface area contributed by atoms with E-state index in [9.17, 15) is 4.79 Å². The molecule has 1 saturated heterocycles. The summed E-state index contributed by atoms with van der Waals surface area (Å²) in [5, 5.41) is 0. The van der Waals surface area contributed by atoms with E-state index in [1.165, 1.54) is 12.8 Å². The Balaban J connectivity index is 1.85. The molecule has 0 amide bonds. The molecule has 3 rings (SSSR count). The van der Waals surface area contributed by atoms with Crippen LogP contribution in [-0.4, -0.2) is 29.1 Å². The summed E-state index contributed by atoms with van der Waals surface area (Å²) in [5.41, 5.74) is 5.90. The van der Waals surface area contributed by atoms with Crippen molar-refractivity contribution >= 4 is 5.82 Å². The largest absolute Gasteiger partial charge is 0.352 e. The zero-order valence-corrected chi connectivity index (χ0v) is 12.1. The Bertz CT molecular complexity index is 523. The monoisotopic (exact) mass is 276 g/mol. The molecule has 2 atom stereocenters. The van der Waals surface area contributed by atoms with Crippen molar-refractivity contribution in [2.45, 2.75) is 51.0 Å². The third kappa shape index (κ3) is 2.73. The van der Waals surface area contributed by atoms with Crippen LogP contribution in [0.3, 0.4) is 0 Å². The second-order valence-electron chi connectivity index (χ2n) is 6.14. The number of hydrogen-bond acceptors (Lipinski definition) is 4. The summed E-state index contributed by atoms with van der Waals surface area (Å²) in [5.74, 6) is 2.90. The van der Waals surface area contributed by atoms with Crippen molar-refractivity contribution in [2.24, 2.45) is 11.7 Å². The van der Waals surface area contributed by atoms with Crippen molar-refractivity contribution < 1.29 is 0 Å². The number of anilines is 1. The molecule has 5 nitrogen and oxygen atoms in total. The SMILES string of the molecule is CCC1CCN(c2cc(=O)[nH]c(C3CC3)n2)C(CN)C1. The number of nitrogens with two attached hydrogens (primary N) is 1. The van der Waals surface area contributed by atoms with Crippen LogP contribution in [0, 0.1) is 5.92 Å². The van der Waals surface area contributed by atoms with Gasteiger partial charge in [-0.15, -0.1) is 0 Å². The molecule has 20 heavy (non-hydrogen) atoms. The second kappa shape index (κ2) is 5.56. The quantitative estimate of drug-likeness (QED) is 0.876. The number of piperidine rings is 1. The van der Waals surface area contributed by atoms with Gasteiger partial charge in [-0.2, -0.15) is 0 Å². The van der Waals surface area contributed by atoms with E-state index < -0.39 is 0 Å². The van der Waals surface area contributed by atoms with Crippen molar-refractivity contribution in [3.8, 4) is 0 Å². The summed E-state index contributed by atoms with van der Waals surface area (Å²) in [6.07, 6.45) is 5.77. The van der Waals surface area contributed by atoms with Crippen molar-refractivity contribution in [1.29, 1.82) is 0 Å². The van der Waals surface area contributed by atoms with Gasteiger partial charge in [-0.3, -0.25) is 4.79 Å². The average Bonchev–Trinajstić information content (AvgIpc) is 3.30. The first-order valence-corrected chi connectivity index (χ1v) is 7.79. The lowest BCUT2D eigenvalue weighted by Crippen LogP contribution is -2.47. The molecular weight excluding hydrogens is 252 g/mol. The summed E-state index contributed by atoms with van der Waals surface area (Å²) < 4.78 is 0. The number of hydrogen-bond donors (Lipinski definition) is 2. The minimum Gasteiger partial charge on any atom is -0.352 e. The maximum Gasteiger partial charge on any atom is 0.252 e. The third-order valence-corrected chi connectivity index (χ3v) is 4.68. The van der Waals surface area contributed by atoms with Crippen molar-refractivity contribution in [3.05, 3.63) is 22.2 Å². The molecule has 3 N–H and O–H groups in total. The topological polar surface area (TPSA) is 75.0 Å². The van der Waals surface area contributed by atoms with Crippen LogP contribution < -0.4 is 16.2 Å². The lowest BCUT2D eigenvalue weighted by Gasteiger charge is -2.39. The highest BCUT2D eigenvalue weighted by atomic mass is 16.1. The van der Waals surface area contributed by atoms with Crippen LogP contribution in [0.1, 0.15) is 50.8 Å². The van der Waals surface area contributed by atoms with E-state index in [1.54, 1.807) is 6.07 Å². The molecule has 0 aromatic carbocycles. The van der Waals surface area contributed by atoms with Crippen LogP contribution in [0.4, 0.5) is 5.82 Å². The Labute approximate surface area is 119 Å². The highest BCUT2D eigenvalue weighted by Gasteiger charge is 2.30. The molecule has 110 valence electrons. The van der Waals surface area contributed by atoms with E-state index >= 15 is 0 Å². The van der Waals surface area contributed by atoms with E-state index in [2.05, 4.69) is 21.8 Å². The van der Waals surface area contributed by atoms with Gasteiger partial charge in [0.1, 0.15) is 11.6 Å². The van der Waals surface area contributed by atoms with Crippen LogP contribution in [0.2, 0.25) is 0 Å². The van der Waals surface area contributed by atoms with E-state index in [4.69, 9.17) is 5.73 Å². The fraction of sp³-hybridized carbons (Fsp3) is 0.733. The van der Waals surface area contributed by atoms with Gasteiger partial charge in [-0.25, -0.2) is 4.98 Å². The first-order chi connectivity index (χ1) is 9.71. The molecule has 2 aliphatic rings. The molecule has 0 spiro atoms. The minimum absolute atomic E-state index is 0.0368. The van der Waals surface area contributed by atoms with Crippen molar-refractivity contribution in [2.75, 3.05) is 18.0 Å². The van der Waals surface area contributed by atoms with Crippen LogP contribution in [0.5, 0.6) is 0 Å². The van der Waals surface area contributed by atoms with Gasteiger partial charge >= 0.3 is 0 Å². The standard InChI is InChI=1S/C15H24N4O/c1-2-10-5-6-19(12(7-10)9-16)13-8-14(20)18-15(17-13)11-3-4-11/h8,10-12H,2-7,9,16H2,1H3,(H,17,18,20). The van der Waals surface area contributed by atoms with Crippen molar-refractivity contribution in [3.63, 3.8) is 0 Å². The Hall–Kier alpha value is -1.36. The predicted molar refractivity (Wildman–Crippen MR) is 80.0 cm³/mol. The summed E-state index contributed by atoms with van der Waals surface area (Å²) in [4.78, 5) is 21.7. The van der Waals surface area contributed by atoms with Crippen LogP contribution in [0.25, 0.3) is 0 Å². The number of H-pyrrole nitrogens is 1. The molecule has 0 radical (unpaired) electrons. The molecule has 0 bridgehead atoms. The molecule has 2 unspecified atom stereocenters. The maximum absolute atomic E-state index is 11.8. The Morgan fingerprint density at radius 2 is 2.25 bits per heavy atom. The van der Waals surface area contributed by atoms with Crippen LogP contribution in [0.15, 0.2) is 10.9 Å². The van der Waals surface area contributed by atoms with Gasteiger partial charge in [0.15, 0.2) is 0 Å². The Morgan fingerprint density at radius 1 is 1.45 bits per heavy atom. The van der Waals surface area contributed by atoms with Gasteiger partial charge in [-0.05, 0) is 31.6 Å². The van der Waals surface area contributed by atoms with Gasteiger partial charge in [0.25, 0.3) is 5.56 Å². The van der Waals surface area contributed by atoms with E-state index in [0.29, 0.717) is 18.5 Å². The fourth-order valence-electron chi connectivity index (χ4n) is 3.19.